The molecule has 0 aromatic heterocycles. The molecule has 3 rings (SSSR count). The number of halogens is 2. The zero-order valence-electron chi connectivity index (χ0n) is 14.6. The van der Waals surface area contributed by atoms with Crippen LogP contribution in [0.4, 0.5) is 0 Å². The number of carbonyl (C=O) groups excluding carboxylic acids is 2. The Labute approximate surface area is 182 Å². The van der Waals surface area contributed by atoms with Crippen LogP contribution >= 0.6 is 47.2 Å². The second-order valence-corrected chi connectivity index (χ2v) is 8.40. The van der Waals surface area contributed by atoms with E-state index in [1.54, 1.807) is 12.1 Å². The summed E-state index contributed by atoms with van der Waals surface area (Å²) in [5.41, 5.74) is 4.61. The van der Waals surface area contributed by atoms with Gasteiger partial charge < -0.3 is 0 Å². The maximum Gasteiger partial charge on any atom is 0.285 e. The molecule has 1 aliphatic rings. The van der Waals surface area contributed by atoms with Gasteiger partial charge in [-0.15, -0.1) is 0 Å². The predicted molar refractivity (Wildman–Crippen MR) is 119 cm³/mol. The van der Waals surface area contributed by atoms with Gasteiger partial charge in [0, 0.05) is 5.02 Å². The molecule has 1 heterocycles. The van der Waals surface area contributed by atoms with Crippen LogP contribution in [0.15, 0.2) is 65.1 Å². The molecular weight excluding hydrogens is 435 g/mol. The molecule has 28 heavy (non-hydrogen) atoms. The summed E-state index contributed by atoms with van der Waals surface area (Å²) in [5.74, 6) is -0.940. The lowest BCUT2D eigenvalue weighted by atomic mass is 10.1. The van der Waals surface area contributed by atoms with Gasteiger partial charge in [-0.05, 0) is 54.6 Å². The first kappa shape index (κ1) is 20.6. The van der Waals surface area contributed by atoms with Crippen LogP contribution in [0.25, 0.3) is 6.08 Å². The highest BCUT2D eigenvalue weighted by molar-refractivity contribution is 8.26. The summed E-state index contributed by atoms with van der Waals surface area (Å²) < 4.78 is 0.238. The zero-order chi connectivity index (χ0) is 20.3. The molecule has 0 spiro atoms. The van der Waals surface area contributed by atoms with E-state index >= 15 is 0 Å². The summed E-state index contributed by atoms with van der Waals surface area (Å²) in [4.78, 5) is 25.6. The van der Waals surface area contributed by atoms with Crippen molar-refractivity contribution in [1.82, 2.24) is 10.4 Å². The minimum Gasteiger partial charge on any atom is -0.267 e. The van der Waals surface area contributed by atoms with Crippen molar-refractivity contribution in [1.29, 1.82) is 0 Å². The summed E-state index contributed by atoms with van der Waals surface area (Å²) in [6.07, 6.45) is 3.70. The number of allylic oxidation sites excluding steroid dienone is 2. The van der Waals surface area contributed by atoms with Crippen LogP contribution in [-0.4, -0.2) is 21.1 Å². The average Bonchev–Trinajstić information content (AvgIpc) is 2.89. The number of hydrogen-bond donors (Lipinski definition) is 1. The topological polar surface area (TPSA) is 49.4 Å². The molecule has 0 atom stereocenters. The van der Waals surface area contributed by atoms with Crippen molar-refractivity contribution in [2.75, 3.05) is 0 Å². The van der Waals surface area contributed by atoms with Crippen molar-refractivity contribution in [3.05, 3.63) is 86.3 Å². The molecule has 0 radical (unpaired) electrons. The third-order valence-electron chi connectivity index (χ3n) is 3.74. The van der Waals surface area contributed by atoms with Gasteiger partial charge in [-0.2, -0.15) is 5.01 Å². The number of benzene rings is 2. The van der Waals surface area contributed by atoms with Gasteiger partial charge in [-0.25, -0.2) is 0 Å². The zero-order valence-corrected chi connectivity index (χ0v) is 17.8. The quantitative estimate of drug-likeness (QED) is 0.496. The average molecular weight is 449 g/mol. The highest BCUT2D eigenvalue weighted by atomic mass is 35.5. The van der Waals surface area contributed by atoms with Gasteiger partial charge in [-0.3, -0.25) is 15.0 Å². The van der Waals surface area contributed by atoms with Crippen LogP contribution in [0.1, 0.15) is 22.8 Å². The third kappa shape index (κ3) is 4.83. The van der Waals surface area contributed by atoms with Crippen LogP contribution in [-0.2, 0) is 4.79 Å². The predicted octanol–water partition coefficient (Wildman–Crippen LogP) is 5.49. The maximum absolute atomic E-state index is 12.7. The molecule has 8 heteroatoms. The lowest BCUT2D eigenvalue weighted by molar-refractivity contribution is -0.123. The van der Waals surface area contributed by atoms with Gasteiger partial charge in [0.2, 0.25) is 0 Å². The molecule has 1 aliphatic heterocycles. The van der Waals surface area contributed by atoms with Crippen LogP contribution in [0.5, 0.6) is 0 Å². The van der Waals surface area contributed by atoms with E-state index in [9.17, 15) is 9.59 Å². The SMILES string of the molecule is CC(/C=C1\SC(=S)N(NC(=O)c2ccc(Cl)cc2Cl)C1=O)=C\c1ccccc1. The molecule has 2 aromatic rings. The van der Waals surface area contributed by atoms with E-state index in [4.69, 9.17) is 35.4 Å². The van der Waals surface area contributed by atoms with E-state index in [-0.39, 0.29) is 14.9 Å². The van der Waals surface area contributed by atoms with Gasteiger partial charge in [0.1, 0.15) is 0 Å². The molecule has 1 saturated heterocycles. The Balaban J connectivity index is 1.76. The monoisotopic (exact) mass is 448 g/mol. The molecule has 0 saturated carbocycles. The van der Waals surface area contributed by atoms with Gasteiger partial charge in [0.25, 0.3) is 11.8 Å². The number of nitrogens with zero attached hydrogens (tertiary/aromatic N) is 1. The molecular formula is C20H14Cl2N2O2S2. The highest BCUT2D eigenvalue weighted by Crippen LogP contribution is 2.31. The largest absolute Gasteiger partial charge is 0.285 e. The number of nitrogens with one attached hydrogen (secondary N) is 1. The van der Waals surface area contributed by atoms with Crippen LogP contribution in [0.3, 0.4) is 0 Å². The van der Waals surface area contributed by atoms with Crippen molar-refractivity contribution < 1.29 is 9.59 Å². The van der Waals surface area contributed by atoms with Crippen LogP contribution in [0.2, 0.25) is 10.0 Å². The molecule has 4 nitrogen and oxygen atoms in total. The standard InChI is InChI=1S/C20H14Cl2N2O2S2/c1-12(9-13-5-3-2-4-6-13)10-17-19(26)24(20(27)28-17)23-18(25)15-8-7-14(21)11-16(15)22/h2-11H,1H3,(H,23,25)/b12-9+,17-10-. The minimum absolute atomic E-state index is 0.188. The molecule has 142 valence electrons. The van der Waals surface area contributed by atoms with Crippen molar-refractivity contribution >= 4 is 69.4 Å². The van der Waals surface area contributed by atoms with Gasteiger partial charge in [-0.1, -0.05) is 71.4 Å². The number of carbonyl (C=O) groups is 2. The second-order valence-electron chi connectivity index (χ2n) is 5.88. The summed E-state index contributed by atoms with van der Waals surface area (Å²) in [7, 11) is 0. The summed E-state index contributed by atoms with van der Waals surface area (Å²) in [5, 5.41) is 1.65. The van der Waals surface area contributed by atoms with E-state index in [1.165, 1.54) is 12.1 Å². The molecule has 2 aromatic carbocycles. The molecule has 0 bridgehead atoms. The number of rotatable bonds is 4. The lowest BCUT2D eigenvalue weighted by Crippen LogP contribution is -2.44. The maximum atomic E-state index is 12.7. The Hall–Kier alpha value is -2.12. The van der Waals surface area contributed by atoms with Gasteiger partial charge >= 0.3 is 0 Å². The van der Waals surface area contributed by atoms with E-state index < -0.39 is 11.8 Å². The van der Waals surface area contributed by atoms with Crippen molar-refractivity contribution in [2.45, 2.75) is 6.92 Å². The first-order valence-corrected chi connectivity index (χ1v) is 10.1. The second kappa shape index (κ2) is 8.92. The molecule has 0 unspecified atom stereocenters. The number of amides is 2. The Morgan fingerprint density at radius 3 is 2.57 bits per heavy atom. The molecule has 1 N–H and O–H groups in total. The van der Waals surface area contributed by atoms with Crippen LogP contribution in [0, 0.1) is 0 Å². The van der Waals surface area contributed by atoms with E-state index in [0.29, 0.717) is 9.93 Å². The number of hydrogen-bond acceptors (Lipinski definition) is 4. The third-order valence-corrected chi connectivity index (χ3v) is 5.59. The van der Waals surface area contributed by atoms with E-state index in [0.717, 1.165) is 27.9 Å². The molecule has 0 aliphatic carbocycles. The van der Waals surface area contributed by atoms with Crippen molar-refractivity contribution in [2.24, 2.45) is 0 Å². The lowest BCUT2D eigenvalue weighted by Gasteiger charge is -2.16. The highest BCUT2D eigenvalue weighted by Gasteiger charge is 2.34. The van der Waals surface area contributed by atoms with Crippen LogP contribution < -0.4 is 5.43 Å². The van der Waals surface area contributed by atoms with E-state index in [1.807, 2.05) is 43.3 Å². The normalized spacial score (nSPS) is 16.0. The Kier molecular flexibility index (Phi) is 6.57. The van der Waals surface area contributed by atoms with Gasteiger partial charge in [0.05, 0.1) is 15.5 Å². The fraction of sp³-hybridized carbons (Fsp3) is 0.0500. The minimum atomic E-state index is -0.546. The van der Waals surface area contributed by atoms with Crippen molar-refractivity contribution in [3.63, 3.8) is 0 Å². The first-order chi connectivity index (χ1) is 13.3. The Morgan fingerprint density at radius 1 is 1.18 bits per heavy atom. The number of hydrazine groups is 1. The van der Waals surface area contributed by atoms with Gasteiger partial charge in [0.15, 0.2) is 4.32 Å². The molecule has 1 fully saturated rings. The number of thiocarbonyl (C=S) groups is 1. The first-order valence-electron chi connectivity index (χ1n) is 8.12. The smallest absolute Gasteiger partial charge is 0.267 e. The Bertz CT molecular complexity index is 1020. The summed E-state index contributed by atoms with van der Waals surface area (Å²) in [6, 6.07) is 14.3. The van der Waals surface area contributed by atoms with E-state index in [2.05, 4.69) is 5.43 Å². The Morgan fingerprint density at radius 2 is 1.89 bits per heavy atom. The summed E-state index contributed by atoms with van der Waals surface area (Å²) in [6.45, 7) is 1.89. The number of thioether (sulfide) groups is 1. The fourth-order valence-corrected chi connectivity index (χ4v) is 4.18. The molecule has 2 amide bonds. The fourth-order valence-electron chi connectivity index (χ4n) is 2.46. The van der Waals surface area contributed by atoms with Crippen molar-refractivity contribution in [3.8, 4) is 0 Å². The summed E-state index contributed by atoms with van der Waals surface area (Å²) >= 11 is 18.3.